The zero-order chi connectivity index (χ0) is 14.5. The maximum absolute atomic E-state index is 11.2. The highest BCUT2D eigenvalue weighted by Gasteiger charge is 2.29. The van der Waals surface area contributed by atoms with Gasteiger partial charge in [-0.15, -0.1) is 0 Å². The van der Waals surface area contributed by atoms with E-state index in [1.807, 2.05) is 18.2 Å². The van der Waals surface area contributed by atoms with Crippen molar-refractivity contribution in [2.45, 2.75) is 25.9 Å². The topological polar surface area (TPSA) is 52.6 Å². The highest BCUT2D eigenvalue weighted by atomic mass is 79.9. The van der Waals surface area contributed by atoms with Gasteiger partial charge in [-0.3, -0.25) is 9.69 Å². The van der Waals surface area contributed by atoms with Crippen LogP contribution in [0.25, 0.3) is 0 Å². The predicted molar refractivity (Wildman–Crippen MR) is 82.2 cm³/mol. The first kappa shape index (κ1) is 15.5. The van der Waals surface area contributed by atoms with Gasteiger partial charge in [0.2, 0.25) is 5.91 Å². The minimum absolute atomic E-state index is 0.0206. The fourth-order valence-electron chi connectivity index (χ4n) is 2.75. The highest BCUT2D eigenvalue weighted by Crippen LogP contribution is 2.22. The Labute approximate surface area is 128 Å². The summed E-state index contributed by atoms with van der Waals surface area (Å²) in [6, 6.07) is 8.29. The average Bonchev–Trinajstić information content (AvgIpc) is 2.42. The number of hydrogen-bond donors (Lipinski definition) is 2. The van der Waals surface area contributed by atoms with E-state index in [1.165, 1.54) is 12.5 Å². The average molecular weight is 341 g/mol. The largest absolute Gasteiger partial charge is 0.396 e. The molecule has 2 N–H and O–H groups in total. The molecule has 110 valence electrons. The Hall–Kier alpha value is -0.910. The van der Waals surface area contributed by atoms with Crippen molar-refractivity contribution in [3.63, 3.8) is 0 Å². The molecule has 0 spiro atoms. The van der Waals surface area contributed by atoms with E-state index in [9.17, 15) is 9.90 Å². The second kappa shape index (κ2) is 7.20. The predicted octanol–water partition coefficient (Wildman–Crippen LogP) is 1.77. The van der Waals surface area contributed by atoms with E-state index in [0.29, 0.717) is 0 Å². The molecule has 0 aliphatic carbocycles. The van der Waals surface area contributed by atoms with Gasteiger partial charge < -0.3 is 10.4 Å². The van der Waals surface area contributed by atoms with Crippen LogP contribution in [0.5, 0.6) is 0 Å². The van der Waals surface area contributed by atoms with Crippen LogP contribution in [0.2, 0.25) is 0 Å². The molecule has 1 aliphatic rings. The lowest BCUT2D eigenvalue weighted by atomic mass is 9.92. The number of aliphatic hydroxyl groups is 1. The van der Waals surface area contributed by atoms with Crippen LogP contribution >= 0.6 is 15.9 Å². The van der Waals surface area contributed by atoms with Crippen LogP contribution in [-0.4, -0.2) is 41.7 Å². The molecule has 20 heavy (non-hydrogen) atoms. The molecule has 5 heteroatoms. The number of benzene rings is 1. The summed E-state index contributed by atoms with van der Waals surface area (Å²) in [7, 11) is 0. The Morgan fingerprint density at radius 3 is 2.90 bits per heavy atom. The smallest absolute Gasteiger partial charge is 0.217 e. The molecule has 1 fully saturated rings. The molecule has 0 saturated carbocycles. The first-order chi connectivity index (χ1) is 9.60. The summed E-state index contributed by atoms with van der Waals surface area (Å²) in [5, 5.41) is 12.5. The quantitative estimate of drug-likeness (QED) is 0.878. The number of likely N-dealkylation sites (tertiary alicyclic amines) is 1. The van der Waals surface area contributed by atoms with Crippen LogP contribution in [-0.2, 0) is 11.3 Å². The number of amides is 1. The number of nitrogens with one attached hydrogen (secondary N) is 1. The highest BCUT2D eigenvalue weighted by molar-refractivity contribution is 9.10. The fraction of sp³-hybridized carbons (Fsp3) is 0.533. The minimum Gasteiger partial charge on any atom is -0.396 e. The number of piperidine rings is 1. The molecule has 4 nitrogen and oxygen atoms in total. The van der Waals surface area contributed by atoms with E-state index in [4.69, 9.17) is 0 Å². The molecule has 1 aromatic rings. The van der Waals surface area contributed by atoms with Crippen LogP contribution in [0.15, 0.2) is 28.7 Å². The third kappa shape index (κ3) is 4.04. The number of rotatable bonds is 4. The summed E-state index contributed by atoms with van der Waals surface area (Å²) in [6.07, 6.45) is 0.884. The Kier molecular flexibility index (Phi) is 5.57. The minimum atomic E-state index is -0.0206. The van der Waals surface area contributed by atoms with Gasteiger partial charge in [0.15, 0.2) is 0 Å². The lowest BCUT2D eigenvalue weighted by Gasteiger charge is -2.38. The number of nitrogens with zero attached hydrogens (tertiary/aromatic N) is 1. The van der Waals surface area contributed by atoms with Gasteiger partial charge in [-0.2, -0.15) is 0 Å². The molecule has 0 radical (unpaired) electrons. The monoisotopic (exact) mass is 340 g/mol. The van der Waals surface area contributed by atoms with Gasteiger partial charge >= 0.3 is 0 Å². The van der Waals surface area contributed by atoms with Crippen LogP contribution in [0.3, 0.4) is 0 Å². The maximum atomic E-state index is 11.2. The summed E-state index contributed by atoms with van der Waals surface area (Å²) < 4.78 is 1.12. The Morgan fingerprint density at radius 1 is 1.50 bits per heavy atom. The van der Waals surface area contributed by atoms with E-state index < -0.39 is 0 Å². The van der Waals surface area contributed by atoms with Gasteiger partial charge in [0, 0.05) is 49.6 Å². The third-order valence-electron chi connectivity index (χ3n) is 3.79. The number of carbonyl (C=O) groups is 1. The second-order valence-electron chi connectivity index (χ2n) is 5.36. The van der Waals surface area contributed by atoms with Gasteiger partial charge in [-0.1, -0.05) is 34.1 Å². The lowest BCUT2D eigenvalue weighted by Crippen LogP contribution is -2.51. The zero-order valence-electron chi connectivity index (χ0n) is 11.7. The van der Waals surface area contributed by atoms with Crippen LogP contribution in [0.4, 0.5) is 0 Å². The summed E-state index contributed by atoms with van der Waals surface area (Å²) in [5.41, 5.74) is 1.25. The van der Waals surface area contributed by atoms with Crippen molar-refractivity contribution in [1.82, 2.24) is 10.2 Å². The number of carbonyl (C=O) groups excluding carboxylic acids is 1. The molecule has 2 rings (SSSR count). The summed E-state index contributed by atoms with van der Waals surface area (Å²) in [4.78, 5) is 13.5. The normalized spacial score (nSPS) is 23.6. The first-order valence-corrected chi connectivity index (χ1v) is 7.73. The van der Waals surface area contributed by atoms with E-state index in [2.05, 4.69) is 32.2 Å². The summed E-state index contributed by atoms with van der Waals surface area (Å²) in [6.45, 7) is 4.25. The van der Waals surface area contributed by atoms with Crippen LogP contribution < -0.4 is 5.32 Å². The lowest BCUT2D eigenvalue weighted by molar-refractivity contribution is -0.120. The van der Waals surface area contributed by atoms with Crippen LogP contribution in [0, 0.1) is 5.92 Å². The van der Waals surface area contributed by atoms with Gasteiger partial charge in [0.05, 0.1) is 0 Å². The summed E-state index contributed by atoms with van der Waals surface area (Å²) in [5.74, 6) is 0.0860. The number of halogens is 1. The first-order valence-electron chi connectivity index (χ1n) is 6.94. The van der Waals surface area contributed by atoms with E-state index in [1.54, 1.807) is 0 Å². The number of hydrogen-bond acceptors (Lipinski definition) is 3. The number of aliphatic hydroxyl groups excluding tert-OH is 1. The maximum Gasteiger partial charge on any atom is 0.217 e. The molecule has 0 aromatic heterocycles. The molecule has 1 saturated heterocycles. The van der Waals surface area contributed by atoms with Crippen molar-refractivity contribution in [3.8, 4) is 0 Å². The molecule has 2 unspecified atom stereocenters. The van der Waals surface area contributed by atoms with Crippen LogP contribution in [0.1, 0.15) is 18.9 Å². The third-order valence-corrected chi connectivity index (χ3v) is 4.57. The molecule has 1 aliphatic heterocycles. The Bertz CT molecular complexity index is 467. The van der Waals surface area contributed by atoms with Crippen molar-refractivity contribution >= 4 is 21.8 Å². The molecular weight excluding hydrogens is 320 g/mol. The Balaban J connectivity index is 1.96. The van der Waals surface area contributed by atoms with Crippen molar-refractivity contribution in [1.29, 1.82) is 0 Å². The van der Waals surface area contributed by atoms with Crippen molar-refractivity contribution in [3.05, 3.63) is 34.3 Å². The van der Waals surface area contributed by atoms with Gasteiger partial charge in [0.25, 0.3) is 0 Å². The molecule has 2 atom stereocenters. The van der Waals surface area contributed by atoms with Crippen molar-refractivity contribution in [2.24, 2.45) is 5.92 Å². The molecule has 1 heterocycles. The zero-order valence-corrected chi connectivity index (χ0v) is 13.3. The molecule has 1 amide bonds. The van der Waals surface area contributed by atoms with E-state index in [-0.39, 0.29) is 24.5 Å². The fourth-order valence-corrected chi connectivity index (χ4v) is 3.16. The van der Waals surface area contributed by atoms with E-state index >= 15 is 0 Å². The summed E-state index contributed by atoms with van der Waals surface area (Å²) >= 11 is 3.57. The van der Waals surface area contributed by atoms with Crippen molar-refractivity contribution in [2.75, 3.05) is 19.7 Å². The SMILES string of the molecule is CC(=O)NC1CCN(Cc2ccccc2Br)CC1CO. The molecule has 1 aromatic carbocycles. The Morgan fingerprint density at radius 2 is 2.25 bits per heavy atom. The standard InChI is InChI=1S/C15H21BrN2O2/c1-11(20)17-15-6-7-18(9-13(15)10-19)8-12-4-2-3-5-14(12)16/h2-5,13,15,19H,6-10H2,1H3,(H,17,20). The van der Waals surface area contributed by atoms with Crippen molar-refractivity contribution < 1.29 is 9.90 Å². The van der Waals surface area contributed by atoms with Gasteiger partial charge in [-0.05, 0) is 18.1 Å². The van der Waals surface area contributed by atoms with E-state index in [0.717, 1.165) is 30.5 Å². The molecule has 0 bridgehead atoms. The van der Waals surface area contributed by atoms with Gasteiger partial charge in [0.1, 0.15) is 0 Å². The molecular formula is C15H21BrN2O2. The van der Waals surface area contributed by atoms with Gasteiger partial charge in [-0.25, -0.2) is 0 Å². The second-order valence-corrected chi connectivity index (χ2v) is 6.22.